The molecule has 1 aliphatic rings. The molecule has 2 unspecified atom stereocenters. The fourth-order valence-corrected chi connectivity index (χ4v) is 2.56. The lowest BCUT2D eigenvalue weighted by molar-refractivity contribution is 0.0577. The van der Waals surface area contributed by atoms with Crippen LogP contribution in [0.1, 0.15) is 31.4 Å². The zero-order chi connectivity index (χ0) is 10.8. The van der Waals surface area contributed by atoms with E-state index < -0.39 is 0 Å². The fraction of sp³-hybridized carbons (Fsp3) is 0.571. The van der Waals surface area contributed by atoms with E-state index in [1.54, 1.807) is 0 Å². The van der Waals surface area contributed by atoms with E-state index in [-0.39, 0.29) is 6.10 Å². The average molecular weight is 204 g/mol. The summed E-state index contributed by atoms with van der Waals surface area (Å²) in [6.45, 7) is 4.20. The SMILES string of the molecule is CC(C)C(O)C1CCc2ccccc2C1. The maximum atomic E-state index is 10.1. The molecule has 0 aromatic heterocycles. The number of hydrogen-bond donors (Lipinski definition) is 1. The van der Waals surface area contributed by atoms with Crippen LogP contribution in [0.2, 0.25) is 0 Å². The smallest absolute Gasteiger partial charge is 0.0594 e. The van der Waals surface area contributed by atoms with Crippen molar-refractivity contribution in [2.45, 2.75) is 39.2 Å². The first kappa shape index (κ1) is 10.7. The predicted molar refractivity (Wildman–Crippen MR) is 62.8 cm³/mol. The minimum Gasteiger partial charge on any atom is -0.393 e. The van der Waals surface area contributed by atoms with Gasteiger partial charge in [0, 0.05) is 0 Å². The van der Waals surface area contributed by atoms with Gasteiger partial charge in [-0.1, -0.05) is 38.1 Å². The van der Waals surface area contributed by atoms with E-state index in [0.29, 0.717) is 11.8 Å². The quantitative estimate of drug-likeness (QED) is 0.785. The van der Waals surface area contributed by atoms with Gasteiger partial charge in [-0.2, -0.15) is 0 Å². The van der Waals surface area contributed by atoms with Crippen LogP contribution < -0.4 is 0 Å². The molecule has 1 aromatic rings. The maximum absolute atomic E-state index is 10.1. The second-order valence-corrected chi connectivity index (χ2v) is 5.01. The van der Waals surface area contributed by atoms with Crippen LogP contribution in [0.25, 0.3) is 0 Å². The molecule has 1 heteroatoms. The molecule has 1 nitrogen and oxygen atoms in total. The number of rotatable bonds is 2. The lowest BCUT2D eigenvalue weighted by atomic mass is 9.78. The van der Waals surface area contributed by atoms with E-state index in [1.165, 1.54) is 11.1 Å². The highest BCUT2D eigenvalue weighted by atomic mass is 16.3. The Bertz CT molecular complexity index is 330. The summed E-state index contributed by atoms with van der Waals surface area (Å²) in [4.78, 5) is 0. The molecule has 0 aliphatic heterocycles. The van der Waals surface area contributed by atoms with Crippen LogP contribution in [0.5, 0.6) is 0 Å². The van der Waals surface area contributed by atoms with Gasteiger partial charge in [0.2, 0.25) is 0 Å². The molecule has 0 spiro atoms. The second-order valence-electron chi connectivity index (χ2n) is 5.01. The Labute approximate surface area is 92.1 Å². The number of benzene rings is 1. The van der Waals surface area contributed by atoms with Crippen molar-refractivity contribution in [1.29, 1.82) is 0 Å². The predicted octanol–water partition coefficient (Wildman–Crippen LogP) is 2.81. The van der Waals surface area contributed by atoms with Crippen molar-refractivity contribution in [2.75, 3.05) is 0 Å². The number of aliphatic hydroxyl groups is 1. The van der Waals surface area contributed by atoms with Crippen molar-refractivity contribution in [1.82, 2.24) is 0 Å². The normalized spacial score (nSPS) is 22.5. The number of aryl methyl sites for hydroxylation is 1. The van der Waals surface area contributed by atoms with E-state index >= 15 is 0 Å². The van der Waals surface area contributed by atoms with E-state index in [0.717, 1.165) is 19.3 Å². The highest BCUT2D eigenvalue weighted by Crippen LogP contribution is 2.29. The molecular formula is C14H20O. The molecule has 82 valence electrons. The van der Waals surface area contributed by atoms with Crippen molar-refractivity contribution in [2.24, 2.45) is 11.8 Å². The molecule has 2 rings (SSSR count). The molecule has 0 saturated heterocycles. The summed E-state index contributed by atoms with van der Waals surface area (Å²) in [5.41, 5.74) is 2.91. The van der Waals surface area contributed by atoms with Gasteiger partial charge in [-0.25, -0.2) is 0 Å². The average Bonchev–Trinajstić information content (AvgIpc) is 2.27. The third kappa shape index (κ3) is 2.23. The van der Waals surface area contributed by atoms with E-state index in [1.807, 2.05) is 0 Å². The largest absolute Gasteiger partial charge is 0.393 e. The number of hydrogen-bond acceptors (Lipinski definition) is 1. The van der Waals surface area contributed by atoms with Crippen molar-refractivity contribution in [3.8, 4) is 0 Å². The summed E-state index contributed by atoms with van der Waals surface area (Å²) in [6, 6.07) is 8.63. The third-order valence-electron chi connectivity index (χ3n) is 3.55. The topological polar surface area (TPSA) is 20.2 Å². The maximum Gasteiger partial charge on any atom is 0.0594 e. The van der Waals surface area contributed by atoms with E-state index in [4.69, 9.17) is 0 Å². The van der Waals surface area contributed by atoms with Crippen LogP contribution in [0.15, 0.2) is 24.3 Å². The van der Waals surface area contributed by atoms with Crippen LogP contribution in [0.3, 0.4) is 0 Å². The minimum atomic E-state index is -0.140. The van der Waals surface area contributed by atoms with Gasteiger partial charge in [0.25, 0.3) is 0 Å². The first-order valence-corrected chi connectivity index (χ1v) is 5.93. The highest BCUT2D eigenvalue weighted by Gasteiger charge is 2.26. The summed E-state index contributed by atoms with van der Waals surface area (Å²) < 4.78 is 0. The van der Waals surface area contributed by atoms with Gasteiger partial charge in [0.05, 0.1) is 6.10 Å². The van der Waals surface area contributed by atoms with Crippen LogP contribution in [-0.4, -0.2) is 11.2 Å². The summed E-state index contributed by atoms with van der Waals surface area (Å²) in [6.07, 6.45) is 3.18. The Hall–Kier alpha value is -0.820. The zero-order valence-electron chi connectivity index (χ0n) is 9.61. The summed E-state index contributed by atoms with van der Waals surface area (Å²) in [5, 5.41) is 10.1. The molecule has 0 radical (unpaired) electrons. The molecule has 0 amide bonds. The third-order valence-corrected chi connectivity index (χ3v) is 3.55. The summed E-state index contributed by atoms with van der Waals surface area (Å²) >= 11 is 0. The molecule has 0 bridgehead atoms. The molecule has 1 N–H and O–H groups in total. The number of aliphatic hydroxyl groups excluding tert-OH is 1. The van der Waals surface area contributed by atoms with Gasteiger partial charge in [-0.15, -0.1) is 0 Å². The molecule has 1 aliphatic carbocycles. The van der Waals surface area contributed by atoms with Crippen molar-refractivity contribution in [3.63, 3.8) is 0 Å². The lowest BCUT2D eigenvalue weighted by Gasteiger charge is -2.30. The van der Waals surface area contributed by atoms with Crippen molar-refractivity contribution in [3.05, 3.63) is 35.4 Å². The van der Waals surface area contributed by atoms with Gasteiger partial charge in [0.1, 0.15) is 0 Å². The summed E-state index contributed by atoms with van der Waals surface area (Å²) in [7, 11) is 0. The van der Waals surface area contributed by atoms with Crippen LogP contribution in [0.4, 0.5) is 0 Å². The van der Waals surface area contributed by atoms with Gasteiger partial charge in [-0.3, -0.25) is 0 Å². The molecule has 2 atom stereocenters. The Kier molecular flexibility index (Phi) is 3.11. The van der Waals surface area contributed by atoms with Gasteiger partial charge >= 0.3 is 0 Å². The second kappa shape index (κ2) is 4.36. The monoisotopic (exact) mass is 204 g/mol. The molecule has 1 aromatic carbocycles. The Balaban J connectivity index is 2.12. The Morgan fingerprint density at radius 1 is 1.20 bits per heavy atom. The van der Waals surface area contributed by atoms with Crippen molar-refractivity contribution < 1.29 is 5.11 Å². The zero-order valence-corrected chi connectivity index (χ0v) is 9.61. The molecule has 0 saturated carbocycles. The Morgan fingerprint density at radius 2 is 1.87 bits per heavy atom. The van der Waals surface area contributed by atoms with Crippen LogP contribution in [-0.2, 0) is 12.8 Å². The Morgan fingerprint density at radius 3 is 2.53 bits per heavy atom. The van der Waals surface area contributed by atoms with Gasteiger partial charge in [-0.05, 0) is 42.2 Å². The van der Waals surface area contributed by atoms with Crippen molar-refractivity contribution >= 4 is 0 Å². The molecule has 0 fully saturated rings. The molecule has 15 heavy (non-hydrogen) atoms. The number of fused-ring (bicyclic) bond motifs is 1. The minimum absolute atomic E-state index is 0.140. The van der Waals surface area contributed by atoms with Gasteiger partial charge < -0.3 is 5.11 Å². The van der Waals surface area contributed by atoms with Gasteiger partial charge in [0.15, 0.2) is 0 Å². The molecular weight excluding hydrogens is 184 g/mol. The standard InChI is InChI=1S/C14H20O/c1-10(2)14(15)13-8-7-11-5-3-4-6-12(11)9-13/h3-6,10,13-15H,7-9H2,1-2H3. The van der Waals surface area contributed by atoms with Crippen LogP contribution in [0, 0.1) is 11.8 Å². The first-order chi connectivity index (χ1) is 7.18. The fourth-order valence-electron chi connectivity index (χ4n) is 2.56. The molecule has 0 heterocycles. The van der Waals surface area contributed by atoms with E-state index in [9.17, 15) is 5.11 Å². The highest BCUT2D eigenvalue weighted by molar-refractivity contribution is 5.29. The van der Waals surface area contributed by atoms with E-state index in [2.05, 4.69) is 38.1 Å². The van der Waals surface area contributed by atoms with Crippen LogP contribution >= 0.6 is 0 Å². The first-order valence-electron chi connectivity index (χ1n) is 5.93. The summed E-state index contributed by atoms with van der Waals surface area (Å²) in [5.74, 6) is 0.833. The lowest BCUT2D eigenvalue weighted by Crippen LogP contribution is -2.30.